The molecule has 1 amide bonds. The second-order valence-electron chi connectivity index (χ2n) is 2.82. The fourth-order valence-corrected chi connectivity index (χ4v) is 1.92. The van der Waals surface area contributed by atoms with E-state index in [2.05, 4.69) is 30.6 Å². The van der Waals surface area contributed by atoms with Gasteiger partial charge in [0.2, 0.25) is 5.13 Å². The second kappa shape index (κ2) is 4.67. The monoisotopic (exact) mass is 301 g/mol. The predicted molar refractivity (Wildman–Crippen MR) is 62.0 cm³/mol. The van der Waals surface area contributed by atoms with E-state index in [0.717, 1.165) is 17.6 Å². The lowest BCUT2D eigenvalue weighted by Gasteiger charge is -2.03. The average Bonchev–Trinajstić information content (AvgIpc) is 2.74. The molecule has 0 saturated carbocycles. The normalized spacial score (nSPS) is 10.1. The Hall–Kier alpha value is -1.34. The largest absolute Gasteiger partial charge is 0.297 e. The number of hydrogen-bond donors (Lipinski definition) is 1. The molecule has 0 atom stereocenters. The number of anilines is 1. The Bertz CT molecular complexity index is 517. The molecule has 1 aromatic carbocycles. The number of carbonyl (C=O) groups is 1. The number of nitrogens with zero attached hydrogens (tertiary/aromatic N) is 2. The molecule has 0 unspecified atom stereocenters. The molecule has 0 aliphatic carbocycles. The summed E-state index contributed by atoms with van der Waals surface area (Å²) in [5.74, 6) is -0.895. The standard InChI is InChI=1S/C9H5BrFN3OS/c10-7-2-1-5(11)3-6(7)8(15)14-9-12-4-13-16-9/h1-4H,(H,12,13,14,15). The molecule has 1 N–H and O–H groups in total. The number of halogens is 2. The molecule has 2 rings (SSSR count). The van der Waals surface area contributed by atoms with Crippen LogP contribution in [0.1, 0.15) is 10.4 Å². The third-order valence-electron chi connectivity index (χ3n) is 1.75. The van der Waals surface area contributed by atoms with Gasteiger partial charge in [-0.05, 0) is 34.1 Å². The maximum absolute atomic E-state index is 13.0. The van der Waals surface area contributed by atoms with Crippen molar-refractivity contribution in [3.8, 4) is 0 Å². The molecule has 82 valence electrons. The average molecular weight is 302 g/mol. The summed E-state index contributed by atoms with van der Waals surface area (Å²) in [6.07, 6.45) is 1.33. The molecule has 0 saturated heterocycles. The zero-order chi connectivity index (χ0) is 11.5. The van der Waals surface area contributed by atoms with Crippen molar-refractivity contribution in [2.45, 2.75) is 0 Å². The first-order valence-electron chi connectivity index (χ1n) is 4.20. The molecule has 0 spiro atoms. The lowest BCUT2D eigenvalue weighted by Crippen LogP contribution is -2.12. The van der Waals surface area contributed by atoms with Crippen LogP contribution >= 0.6 is 27.5 Å². The number of amides is 1. The van der Waals surface area contributed by atoms with Gasteiger partial charge in [-0.15, -0.1) is 0 Å². The summed E-state index contributed by atoms with van der Waals surface area (Å²) in [6, 6.07) is 3.90. The highest BCUT2D eigenvalue weighted by Crippen LogP contribution is 2.19. The van der Waals surface area contributed by atoms with Crippen LogP contribution in [0, 0.1) is 5.82 Å². The molecule has 0 bridgehead atoms. The Morgan fingerprint density at radius 1 is 1.50 bits per heavy atom. The predicted octanol–water partition coefficient (Wildman–Crippen LogP) is 2.69. The van der Waals surface area contributed by atoms with E-state index in [1.165, 1.54) is 18.5 Å². The van der Waals surface area contributed by atoms with Gasteiger partial charge < -0.3 is 0 Å². The summed E-state index contributed by atoms with van der Waals surface area (Å²) in [4.78, 5) is 15.5. The van der Waals surface area contributed by atoms with Gasteiger partial charge in [0.25, 0.3) is 5.91 Å². The highest BCUT2D eigenvalue weighted by molar-refractivity contribution is 9.10. The van der Waals surface area contributed by atoms with Crippen molar-refractivity contribution in [1.29, 1.82) is 0 Å². The van der Waals surface area contributed by atoms with Gasteiger partial charge in [-0.3, -0.25) is 10.1 Å². The number of rotatable bonds is 2. The summed E-state index contributed by atoms with van der Waals surface area (Å²) < 4.78 is 17.2. The van der Waals surface area contributed by atoms with Crippen molar-refractivity contribution in [3.63, 3.8) is 0 Å². The SMILES string of the molecule is O=C(Nc1ncns1)c1cc(F)ccc1Br. The number of hydrogen-bond acceptors (Lipinski definition) is 4. The minimum atomic E-state index is -0.467. The van der Waals surface area contributed by atoms with Crippen LogP contribution in [0.2, 0.25) is 0 Å². The Kier molecular flexibility index (Phi) is 3.25. The lowest BCUT2D eigenvalue weighted by molar-refractivity contribution is 0.102. The quantitative estimate of drug-likeness (QED) is 0.928. The minimum absolute atomic E-state index is 0.218. The molecule has 1 aromatic heterocycles. The van der Waals surface area contributed by atoms with Crippen LogP contribution < -0.4 is 5.32 Å². The number of benzene rings is 1. The summed E-state index contributed by atoms with van der Waals surface area (Å²) in [6.45, 7) is 0. The maximum atomic E-state index is 13.0. The molecule has 4 nitrogen and oxygen atoms in total. The van der Waals surface area contributed by atoms with Gasteiger partial charge in [0.1, 0.15) is 12.1 Å². The van der Waals surface area contributed by atoms with Gasteiger partial charge in [0.05, 0.1) is 5.56 Å². The van der Waals surface area contributed by atoms with Crippen LogP contribution in [-0.2, 0) is 0 Å². The van der Waals surface area contributed by atoms with Crippen molar-refractivity contribution in [1.82, 2.24) is 9.36 Å². The Morgan fingerprint density at radius 2 is 2.31 bits per heavy atom. The molecule has 7 heteroatoms. The molecule has 16 heavy (non-hydrogen) atoms. The van der Waals surface area contributed by atoms with Gasteiger partial charge in [-0.25, -0.2) is 9.37 Å². The molecule has 0 fully saturated rings. The van der Waals surface area contributed by atoms with Crippen LogP contribution in [0.3, 0.4) is 0 Å². The van der Waals surface area contributed by atoms with E-state index in [4.69, 9.17) is 0 Å². The van der Waals surface area contributed by atoms with Crippen molar-refractivity contribution in [2.75, 3.05) is 5.32 Å². The topological polar surface area (TPSA) is 54.9 Å². The molecule has 2 aromatic rings. The summed E-state index contributed by atoms with van der Waals surface area (Å²) >= 11 is 4.23. The molecule has 1 heterocycles. The third-order valence-corrected chi connectivity index (χ3v) is 3.03. The van der Waals surface area contributed by atoms with Crippen LogP contribution in [0.15, 0.2) is 29.0 Å². The first kappa shape index (κ1) is 11.2. The van der Waals surface area contributed by atoms with Gasteiger partial charge in [0.15, 0.2) is 0 Å². The summed E-state index contributed by atoms with van der Waals surface area (Å²) in [5, 5.41) is 2.89. The first-order chi connectivity index (χ1) is 7.66. The summed E-state index contributed by atoms with van der Waals surface area (Å²) in [5.41, 5.74) is 0.218. The summed E-state index contributed by atoms with van der Waals surface area (Å²) in [7, 11) is 0. The zero-order valence-electron chi connectivity index (χ0n) is 7.78. The third kappa shape index (κ3) is 2.42. The van der Waals surface area contributed by atoms with E-state index >= 15 is 0 Å². The highest BCUT2D eigenvalue weighted by atomic mass is 79.9. The van der Waals surface area contributed by atoms with Crippen molar-refractivity contribution in [2.24, 2.45) is 0 Å². The Morgan fingerprint density at radius 3 is 3.00 bits per heavy atom. The zero-order valence-corrected chi connectivity index (χ0v) is 10.2. The van der Waals surface area contributed by atoms with E-state index in [1.54, 1.807) is 0 Å². The number of nitrogens with one attached hydrogen (secondary N) is 1. The molecular weight excluding hydrogens is 297 g/mol. The second-order valence-corrected chi connectivity index (χ2v) is 4.46. The number of aromatic nitrogens is 2. The van der Waals surface area contributed by atoms with E-state index in [0.29, 0.717) is 9.60 Å². The lowest BCUT2D eigenvalue weighted by atomic mass is 10.2. The van der Waals surface area contributed by atoms with Crippen LogP contribution in [0.4, 0.5) is 9.52 Å². The van der Waals surface area contributed by atoms with Crippen LogP contribution in [-0.4, -0.2) is 15.3 Å². The van der Waals surface area contributed by atoms with Gasteiger partial charge in [-0.2, -0.15) is 4.37 Å². The molecule has 0 radical (unpaired) electrons. The van der Waals surface area contributed by atoms with Crippen molar-refractivity contribution >= 4 is 38.5 Å². The van der Waals surface area contributed by atoms with Crippen LogP contribution in [0.25, 0.3) is 0 Å². The molecular formula is C9H5BrFN3OS. The smallest absolute Gasteiger partial charge is 0.258 e. The van der Waals surface area contributed by atoms with Crippen molar-refractivity contribution < 1.29 is 9.18 Å². The van der Waals surface area contributed by atoms with Crippen LogP contribution in [0.5, 0.6) is 0 Å². The van der Waals surface area contributed by atoms with Gasteiger partial charge in [-0.1, -0.05) is 0 Å². The Labute approximate surface area is 103 Å². The Balaban J connectivity index is 2.24. The molecule has 0 aliphatic heterocycles. The first-order valence-corrected chi connectivity index (χ1v) is 5.76. The van der Waals surface area contributed by atoms with E-state index < -0.39 is 11.7 Å². The fourth-order valence-electron chi connectivity index (χ4n) is 1.06. The maximum Gasteiger partial charge on any atom is 0.258 e. The number of carbonyl (C=O) groups excluding carboxylic acids is 1. The highest BCUT2D eigenvalue weighted by Gasteiger charge is 2.12. The van der Waals surface area contributed by atoms with Gasteiger partial charge in [0, 0.05) is 16.0 Å². The van der Waals surface area contributed by atoms with E-state index in [-0.39, 0.29) is 5.56 Å². The van der Waals surface area contributed by atoms with Gasteiger partial charge >= 0.3 is 0 Å². The minimum Gasteiger partial charge on any atom is -0.297 e. The van der Waals surface area contributed by atoms with E-state index in [1.807, 2.05) is 0 Å². The van der Waals surface area contributed by atoms with Crippen molar-refractivity contribution in [3.05, 3.63) is 40.4 Å². The fraction of sp³-hybridized carbons (Fsp3) is 0. The molecule has 0 aliphatic rings. The van der Waals surface area contributed by atoms with E-state index in [9.17, 15) is 9.18 Å².